The van der Waals surface area contributed by atoms with E-state index in [9.17, 15) is 4.79 Å². The maximum atomic E-state index is 11.8. The van der Waals surface area contributed by atoms with Gasteiger partial charge in [0.1, 0.15) is 5.75 Å². The number of methoxy groups -OCH3 is 1. The number of nitrogens with one attached hydrogen (secondary N) is 1. The number of nitrogen functional groups attached to an aromatic ring is 1. The Balaban J connectivity index is 2.78. The van der Waals surface area contributed by atoms with E-state index in [4.69, 9.17) is 10.5 Å². The van der Waals surface area contributed by atoms with Gasteiger partial charge in [0.25, 0.3) is 0 Å². The molecule has 0 radical (unpaired) electrons. The lowest BCUT2D eigenvalue weighted by Gasteiger charge is -2.12. The quantitative estimate of drug-likeness (QED) is 0.818. The van der Waals surface area contributed by atoms with Gasteiger partial charge in [-0.1, -0.05) is 29.8 Å². The maximum Gasteiger partial charge on any atom is 0.224 e. The predicted octanol–water partition coefficient (Wildman–Crippen LogP) is 3.41. The number of benzene rings is 1. The third-order valence-electron chi connectivity index (χ3n) is 2.55. The first-order chi connectivity index (χ1) is 8.43. The van der Waals surface area contributed by atoms with Crippen LogP contribution in [0.4, 0.5) is 11.4 Å². The van der Waals surface area contributed by atoms with E-state index in [-0.39, 0.29) is 5.91 Å². The first kappa shape index (κ1) is 14.8. The number of carbonyl (C=O) groups is 1. The number of amides is 1. The zero-order valence-electron chi connectivity index (χ0n) is 10.9. The molecular formula is C13H19BrN2O2. The number of nitrogens with two attached hydrogens (primary N) is 1. The van der Waals surface area contributed by atoms with E-state index in [1.807, 2.05) is 0 Å². The van der Waals surface area contributed by atoms with Crippen molar-refractivity contribution in [3.05, 3.63) is 16.6 Å². The van der Waals surface area contributed by atoms with Gasteiger partial charge >= 0.3 is 0 Å². The van der Waals surface area contributed by atoms with Crippen molar-refractivity contribution in [1.82, 2.24) is 0 Å². The first-order valence-electron chi connectivity index (χ1n) is 5.87. The molecule has 0 heterocycles. The van der Waals surface area contributed by atoms with Gasteiger partial charge in [0.15, 0.2) is 0 Å². The molecule has 5 heteroatoms. The Labute approximate surface area is 116 Å². The summed E-state index contributed by atoms with van der Waals surface area (Å²) in [5.74, 6) is 1.02. The Bertz CT molecular complexity index is 433. The topological polar surface area (TPSA) is 64.3 Å². The number of ether oxygens (including phenoxy) is 1. The van der Waals surface area contributed by atoms with E-state index in [0.29, 0.717) is 29.5 Å². The van der Waals surface area contributed by atoms with Crippen molar-refractivity contribution in [1.29, 1.82) is 0 Å². The molecule has 1 rings (SSSR count). The number of hydrogen-bond acceptors (Lipinski definition) is 3. The summed E-state index contributed by atoms with van der Waals surface area (Å²) in [5.41, 5.74) is 6.93. The molecule has 0 spiro atoms. The zero-order valence-corrected chi connectivity index (χ0v) is 12.5. The molecular weight excluding hydrogens is 296 g/mol. The largest absolute Gasteiger partial charge is 0.494 e. The lowest BCUT2D eigenvalue weighted by Crippen LogP contribution is -2.13. The molecule has 0 aliphatic rings. The van der Waals surface area contributed by atoms with Crippen molar-refractivity contribution in [2.75, 3.05) is 18.2 Å². The summed E-state index contributed by atoms with van der Waals surface area (Å²) in [5, 5.41) is 2.81. The van der Waals surface area contributed by atoms with E-state index in [1.165, 1.54) is 0 Å². The van der Waals surface area contributed by atoms with E-state index in [2.05, 4.69) is 35.1 Å². The molecule has 0 aliphatic heterocycles. The molecule has 1 amide bonds. The Morgan fingerprint density at radius 3 is 2.72 bits per heavy atom. The minimum atomic E-state index is -0.0319. The molecule has 18 heavy (non-hydrogen) atoms. The minimum Gasteiger partial charge on any atom is -0.494 e. The van der Waals surface area contributed by atoms with Crippen LogP contribution in [0.3, 0.4) is 0 Å². The van der Waals surface area contributed by atoms with Crippen molar-refractivity contribution in [2.45, 2.75) is 26.7 Å². The summed E-state index contributed by atoms with van der Waals surface area (Å²) in [6, 6.07) is 3.53. The van der Waals surface area contributed by atoms with Crippen LogP contribution in [-0.4, -0.2) is 13.0 Å². The second-order valence-corrected chi connectivity index (χ2v) is 5.47. The molecule has 100 valence electrons. The third kappa shape index (κ3) is 4.22. The Hall–Kier alpha value is -1.23. The fraction of sp³-hybridized carbons (Fsp3) is 0.462. The second kappa shape index (κ2) is 6.64. The normalized spacial score (nSPS) is 10.5. The zero-order chi connectivity index (χ0) is 13.7. The first-order valence-corrected chi connectivity index (χ1v) is 6.66. The summed E-state index contributed by atoms with van der Waals surface area (Å²) < 4.78 is 5.95. The molecule has 0 aliphatic carbocycles. The van der Waals surface area contributed by atoms with Crippen LogP contribution >= 0.6 is 15.9 Å². The highest BCUT2D eigenvalue weighted by atomic mass is 79.9. The molecule has 1 aromatic carbocycles. The number of hydrogen-bond donors (Lipinski definition) is 2. The van der Waals surface area contributed by atoms with E-state index in [0.717, 1.165) is 10.9 Å². The monoisotopic (exact) mass is 314 g/mol. The maximum absolute atomic E-state index is 11.8. The summed E-state index contributed by atoms with van der Waals surface area (Å²) in [6.07, 6.45) is 1.35. The van der Waals surface area contributed by atoms with Gasteiger partial charge in [-0.15, -0.1) is 0 Å². The molecule has 0 unspecified atom stereocenters. The molecule has 0 saturated carbocycles. The molecule has 0 fully saturated rings. The average molecular weight is 315 g/mol. The van der Waals surface area contributed by atoms with Crippen molar-refractivity contribution < 1.29 is 9.53 Å². The fourth-order valence-electron chi connectivity index (χ4n) is 1.50. The van der Waals surface area contributed by atoms with Crippen LogP contribution in [0.2, 0.25) is 0 Å². The number of anilines is 2. The van der Waals surface area contributed by atoms with Gasteiger partial charge in [-0.25, -0.2) is 0 Å². The number of halogens is 1. The van der Waals surface area contributed by atoms with Crippen LogP contribution in [0.15, 0.2) is 16.6 Å². The summed E-state index contributed by atoms with van der Waals surface area (Å²) in [6.45, 7) is 4.17. The van der Waals surface area contributed by atoms with Gasteiger partial charge in [-0.3, -0.25) is 4.79 Å². The minimum absolute atomic E-state index is 0.0319. The van der Waals surface area contributed by atoms with Crippen molar-refractivity contribution in [2.24, 2.45) is 5.92 Å². The van der Waals surface area contributed by atoms with Crippen molar-refractivity contribution >= 4 is 33.2 Å². The highest BCUT2D eigenvalue weighted by molar-refractivity contribution is 9.10. The molecule has 1 aromatic rings. The van der Waals surface area contributed by atoms with Crippen molar-refractivity contribution in [3.63, 3.8) is 0 Å². The van der Waals surface area contributed by atoms with Crippen molar-refractivity contribution in [3.8, 4) is 5.75 Å². The van der Waals surface area contributed by atoms with Gasteiger partial charge in [-0.2, -0.15) is 0 Å². The summed E-state index contributed by atoms with van der Waals surface area (Å²) >= 11 is 3.35. The van der Waals surface area contributed by atoms with Crippen LogP contribution in [0.1, 0.15) is 26.7 Å². The number of carbonyl (C=O) groups excluding carboxylic acids is 1. The van der Waals surface area contributed by atoms with Gasteiger partial charge in [0.05, 0.1) is 18.5 Å². The highest BCUT2D eigenvalue weighted by Gasteiger charge is 2.11. The van der Waals surface area contributed by atoms with Crippen LogP contribution in [0, 0.1) is 5.92 Å². The van der Waals surface area contributed by atoms with Gasteiger partial charge in [0, 0.05) is 10.9 Å². The van der Waals surface area contributed by atoms with E-state index in [1.54, 1.807) is 19.2 Å². The molecule has 4 nitrogen and oxygen atoms in total. The van der Waals surface area contributed by atoms with Gasteiger partial charge < -0.3 is 15.8 Å². The Morgan fingerprint density at radius 1 is 1.50 bits per heavy atom. The van der Waals surface area contributed by atoms with Crippen LogP contribution in [0.25, 0.3) is 0 Å². The standard InChI is InChI=1S/C13H19BrN2O2/c1-8(2)4-5-12(17)16-10-6-9(14)7-11(18-3)13(10)15/h6-8H,4-5,15H2,1-3H3,(H,16,17). The van der Waals surface area contributed by atoms with Gasteiger partial charge in [0.2, 0.25) is 5.91 Å². The Kier molecular flexibility index (Phi) is 5.47. The lowest BCUT2D eigenvalue weighted by atomic mass is 10.1. The summed E-state index contributed by atoms with van der Waals surface area (Å²) in [7, 11) is 1.54. The van der Waals surface area contributed by atoms with Gasteiger partial charge in [-0.05, 0) is 24.5 Å². The fourth-order valence-corrected chi connectivity index (χ4v) is 1.93. The molecule has 0 saturated heterocycles. The van der Waals surface area contributed by atoms with Crippen LogP contribution in [-0.2, 0) is 4.79 Å². The predicted molar refractivity (Wildman–Crippen MR) is 77.8 cm³/mol. The molecule has 0 aromatic heterocycles. The third-order valence-corrected chi connectivity index (χ3v) is 3.01. The molecule has 3 N–H and O–H groups in total. The Morgan fingerprint density at radius 2 is 2.17 bits per heavy atom. The summed E-state index contributed by atoms with van der Waals surface area (Å²) in [4.78, 5) is 11.8. The second-order valence-electron chi connectivity index (χ2n) is 4.55. The molecule has 0 bridgehead atoms. The van der Waals surface area contributed by atoms with E-state index >= 15 is 0 Å². The highest BCUT2D eigenvalue weighted by Crippen LogP contribution is 2.33. The van der Waals surface area contributed by atoms with E-state index < -0.39 is 0 Å². The van der Waals surface area contributed by atoms with Crippen LogP contribution in [0.5, 0.6) is 5.75 Å². The smallest absolute Gasteiger partial charge is 0.224 e. The average Bonchev–Trinajstić information content (AvgIpc) is 2.30. The lowest BCUT2D eigenvalue weighted by molar-refractivity contribution is -0.116. The van der Waals surface area contributed by atoms with Crippen LogP contribution < -0.4 is 15.8 Å². The molecule has 0 atom stereocenters. The SMILES string of the molecule is COc1cc(Br)cc(NC(=O)CCC(C)C)c1N. The number of rotatable bonds is 5.